The van der Waals surface area contributed by atoms with Gasteiger partial charge in [-0.3, -0.25) is 0 Å². The minimum absolute atomic E-state index is 1.10. The molecule has 0 spiro atoms. The molecule has 0 N–H and O–H groups in total. The van der Waals surface area contributed by atoms with Crippen LogP contribution >= 0.6 is 15.9 Å². The molecule has 1 heterocycles. The molecule has 1 aromatic rings. The van der Waals surface area contributed by atoms with E-state index in [4.69, 9.17) is 0 Å². The third-order valence-corrected chi connectivity index (χ3v) is 2.75. The van der Waals surface area contributed by atoms with Crippen molar-refractivity contribution in [2.24, 2.45) is 0 Å². The maximum atomic E-state index is 3.44. The van der Waals surface area contributed by atoms with Gasteiger partial charge in [-0.05, 0) is 6.42 Å². The van der Waals surface area contributed by atoms with Gasteiger partial charge in [-0.2, -0.15) is 0 Å². The summed E-state index contributed by atoms with van der Waals surface area (Å²) in [6.45, 7) is 1.11. The lowest BCUT2D eigenvalue weighted by atomic mass is 10.3. The van der Waals surface area contributed by atoms with E-state index in [1.54, 1.807) is 0 Å². The zero-order chi connectivity index (χ0) is 10.4. The third kappa shape index (κ3) is 3.66. The van der Waals surface area contributed by atoms with Crippen LogP contribution in [0.3, 0.4) is 0 Å². The number of unbranched alkanes of at least 4 members (excludes halogenated alkanes) is 1. The van der Waals surface area contributed by atoms with Crippen LogP contribution in [0.25, 0.3) is 0 Å². The number of alkyl halides is 1. The third-order valence-electron chi connectivity index (χ3n) is 2.19. The minimum atomic E-state index is 1.10. The van der Waals surface area contributed by atoms with Gasteiger partial charge in [0, 0.05) is 43.7 Å². The number of hydrogen-bond acceptors (Lipinski definition) is 1. The zero-order valence-electron chi connectivity index (χ0n) is 8.91. The summed E-state index contributed by atoms with van der Waals surface area (Å²) in [6.07, 6.45) is 6.76. The summed E-state index contributed by atoms with van der Waals surface area (Å²) < 4.78 is 2.23. The largest absolute Gasteiger partial charge is 0.377 e. The molecule has 14 heavy (non-hydrogen) atoms. The molecule has 2 nitrogen and oxygen atoms in total. The molecule has 0 bridgehead atoms. The number of halogens is 1. The quantitative estimate of drug-likeness (QED) is 0.446. The lowest BCUT2D eigenvalue weighted by Gasteiger charge is -2.10. The summed E-state index contributed by atoms with van der Waals surface area (Å²) in [4.78, 5) is 2.11. The van der Waals surface area contributed by atoms with Crippen LogP contribution < -0.4 is 9.47 Å². The molecule has 0 saturated heterocycles. The van der Waals surface area contributed by atoms with Crippen molar-refractivity contribution in [1.29, 1.82) is 0 Å². The Morgan fingerprint density at radius 3 is 2.36 bits per heavy atom. The van der Waals surface area contributed by atoms with Gasteiger partial charge < -0.3 is 4.90 Å². The van der Waals surface area contributed by atoms with E-state index < -0.39 is 0 Å². The molecule has 0 fully saturated rings. The molecule has 0 aliphatic rings. The summed E-state index contributed by atoms with van der Waals surface area (Å²) in [5, 5.41) is 1.10. The van der Waals surface area contributed by atoms with Crippen molar-refractivity contribution < 1.29 is 4.57 Å². The summed E-state index contributed by atoms with van der Waals surface area (Å²) in [5.41, 5.74) is 1.25. The van der Waals surface area contributed by atoms with Gasteiger partial charge in [-0.25, -0.2) is 4.57 Å². The molecular weight excluding hydrogens is 240 g/mol. The van der Waals surface area contributed by atoms with E-state index in [1.165, 1.54) is 18.5 Å². The first-order chi connectivity index (χ1) is 6.74. The van der Waals surface area contributed by atoms with Crippen LogP contribution in [0.4, 0.5) is 5.69 Å². The Hall–Kier alpha value is -0.570. The highest BCUT2D eigenvalue weighted by atomic mass is 79.9. The minimum Gasteiger partial charge on any atom is -0.377 e. The molecule has 0 unspecified atom stereocenters. The Kier molecular flexibility index (Phi) is 4.94. The van der Waals surface area contributed by atoms with E-state index in [0.29, 0.717) is 0 Å². The average molecular weight is 258 g/mol. The smallest absolute Gasteiger partial charge is 0.170 e. The van der Waals surface area contributed by atoms with Crippen LogP contribution in [0.2, 0.25) is 0 Å². The molecule has 0 radical (unpaired) electrons. The first-order valence-corrected chi connectivity index (χ1v) is 6.08. The predicted molar refractivity (Wildman–Crippen MR) is 64.0 cm³/mol. The molecular formula is C11H18BrN2+. The number of nitrogens with zero attached hydrogens (tertiary/aromatic N) is 2. The number of hydrogen-bond donors (Lipinski definition) is 0. The number of pyridine rings is 1. The molecule has 0 saturated carbocycles. The highest BCUT2D eigenvalue weighted by Gasteiger charge is 2.01. The number of rotatable bonds is 5. The first-order valence-electron chi connectivity index (χ1n) is 4.96. The molecule has 0 atom stereocenters. The van der Waals surface area contributed by atoms with Gasteiger partial charge in [0.2, 0.25) is 0 Å². The molecule has 0 aliphatic heterocycles. The van der Waals surface area contributed by atoms with Crippen molar-refractivity contribution in [3.05, 3.63) is 24.5 Å². The molecule has 1 rings (SSSR count). The van der Waals surface area contributed by atoms with Crippen molar-refractivity contribution in [2.45, 2.75) is 19.4 Å². The van der Waals surface area contributed by atoms with Gasteiger partial charge in [-0.1, -0.05) is 15.9 Å². The van der Waals surface area contributed by atoms with E-state index in [0.717, 1.165) is 11.9 Å². The van der Waals surface area contributed by atoms with Crippen LogP contribution in [-0.4, -0.2) is 19.4 Å². The van der Waals surface area contributed by atoms with Gasteiger partial charge in [0.1, 0.15) is 6.54 Å². The second-order valence-corrected chi connectivity index (χ2v) is 4.38. The Morgan fingerprint density at radius 2 is 1.86 bits per heavy atom. The molecule has 0 aromatic carbocycles. The second kappa shape index (κ2) is 6.02. The molecule has 1 aromatic heterocycles. The van der Waals surface area contributed by atoms with E-state index in [-0.39, 0.29) is 0 Å². The molecule has 0 aliphatic carbocycles. The number of aromatic nitrogens is 1. The molecule has 3 heteroatoms. The van der Waals surface area contributed by atoms with Crippen molar-refractivity contribution in [3.8, 4) is 0 Å². The Morgan fingerprint density at radius 1 is 1.21 bits per heavy atom. The highest BCUT2D eigenvalue weighted by molar-refractivity contribution is 9.09. The van der Waals surface area contributed by atoms with Crippen molar-refractivity contribution in [2.75, 3.05) is 24.3 Å². The van der Waals surface area contributed by atoms with Gasteiger partial charge >= 0.3 is 0 Å². The predicted octanol–water partition coefficient (Wildman–Crippen LogP) is 2.22. The Bertz CT molecular complexity index is 256. The summed E-state index contributed by atoms with van der Waals surface area (Å²) >= 11 is 3.44. The van der Waals surface area contributed by atoms with E-state index in [2.05, 4.69) is 64.0 Å². The van der Waals surface area contributed by atoms with Crippen molar-refractivity contribution >= 4 is 21.6 Å². The van der Waals surface area contributed by atoms with Gasteiger partial charge in [-0.15, -0.1) is 0 Å². The topological polar surface area (TPSA) is 7.12 Å². The van der Waals surface area contributed by atoms with Crippen LogP contribution in [0.5, 0.6) is 0 Å². The fourth-order valence-corrected chi connectivity index (χ4v) is 1.68. The van der Waals surface area contributed by atoms with E-state index >= 15 is 0 Å². The summed E-state index contributed by atoms with van der Waals surface area (Å²) in [5.74, 6) is 0. The monoisotopic (exact) mass is 257 g/mol. The van der Waals surface area contributed by atoms with Crippen molar-refractivity contribution in [3.63, 3.8) is 0 Å². The Balaban J connectivity index is 2.47. The molecule has 0 amide bonds. The van der Waals surface area contributed by atoms with Crippen LogP contribution in [0.1, 0.15) is 12.8 Å². The zero-order valence-corrected chi connectivity index (χ0v) is 10.5. The van der Waals surface area contributed by atoms with E-state index in [1.807, 2.05) is 0 Å². The van der Waals surface area contributed by atoms with Crippen LogP contribution in [0, 0.1) is 0 Å². The lowest BCUT2D eigenvalue weighted by Crippen LogP contribution is -2.32. The Labute approximate surface area is 94.7 Å². The maximum Gasteiger partial charge on any atom is 0.170 e. The lowest BCUT2D eigenvalue weighted by molar-refractivity contribution is -0.697. The first kappa shape index (κ1) is 11.5. The second-order valence-electron chi connectivity index (χ2n) is 3.58. The van der Waals surface area contributed by atoms with Crippen LogP contribution in [0.15, 0.2) is 24.5 Å². The normalized spacial score (nSPS) is 10.2. The van der Waals surface area contributed by atoms with Crippen LogP contribution in [-0.2, 0) is 6.54 Å². The fraction of sp³-hybridized carbons (Fsp3) is 0.545. The van der Waals surface area contributed by atoms with Gasteiger partial charge in [0.15, 0.2) is 12.4 Å². The maximum absolute atomic E-state index is 3.44. The summed E-state index contributed by atoms with van der Waals surface area (Å²) in [6, 6.07) is 4.29. The SMILES string of the molecule is CN(C)c1cc[n+](CCCCBr)cc1. The average Bonchev–Trinajstić information content (AvgIpc) is 2.19. The fourth-order valence-electron chi connectivity index (χ4n) is 1.29. The number of anilines is 1. The number of aryl methyl sites for hydroxylation is 1. The highest BCUT2D eigenvalue weighted by Crippen LogP contribution is 2.06. The van der Waals surface area contributed by atoms with Crippen molar-refractivity contribution in [1.82, 2.24) is 0 Å². The summed E-state index contributed by atoms with van der Waals surface area (Å²) in [7, 11) is 4.12. The molecule has 78 valence electrons. The van der Waals surface area contributed by atoms with Gasteiger partial charge in [0.05, 0.1) is 0 Å². The standard InChI is InChI=1S/C11H18BrN2/c1-13(2)11-5-9-14(10-6-11)8-4-3-7-12/h5-6,9-10H,3-4,7-8H2,1-2H3/q+1. The van der Waals surface area contributed by atoms with Gasteiger partial charge in [0.25, 0.3) is 0 Å². The van der Waals surface area contributed by atoms with E-state index in [9.17, 15) is 0 Å².